The number of hydrogen-bond acceptors (Lipinski definition) is 3. The maximum absolute atomic E-state index is 5.74. The van der Waals surface area contributed by atoms with Gasteiger partial charge in [0.15, 0.2) is 0 Å². The molecule has 1 heterocycles. The zero-order chi connectivity index (χ0) is 12.3. The van der Waals surface area contributed by atoms with Gasteiger partial charge in [0.05, 0.1) is 11.7 Å². The Kier molecular flexibility index (Phi) is 3.97. The standard InChI is InChI=1S/C13H22N4/c1-10-12(9-17(2)16-10)13(15-14)11-7-5-3-4-6-8-11/h7,9,13,15H,3-6,8,14H2,1-2H3. The summed E-state index contributed by atoms with van der Waals surface area (Å²) in [7, 11) is 1.95. The monoisotopic (exact) mass is 234 g/mol. The third kappa shape index (κ3) is 2.76. The molecule has 1 aromatic rings. The number of aromatic nitrogens is 2. The Hall–Kier alpha value is -1.13. The molecule has 0 radical (unpaired) electrons. The van der Waals surface area contributed by atoms with E-state index in [1.165, 1.54) is 36.8 Å². The largest absolute Gasteiger partial charge is 0.275 e. The molecular weight excluding hydrogens is 212 g/mol. The van der Waals surface area contributed by atoms with Crippen molar-refractivity contribution >= 4 is 0 Å². The van der Waals surface area contributed by atoms with E-state index < -0.39 is 0 Å². The third-order valence-electron chi connectivity index (χ3n) is 3.48. The fourth-order valence-corrected chi connectivity index (χ4v) is 2.60. The summed E-state index contributed by atoms with van der Waals surface area (Å²) in [5, 5.41) is 4.39. The van der Waals surface area contributed by atoms with Crippen molar-refractivity contribution in [2.24, 2.45) is 12.9 Å². The fourth-order valence-electron chi connectivity index (χ4n) is 2.60. The highest BCUT2D eigenvalue weighted by Gasteiger charge is 2.19. The van der Waals surface area contributed by atoms with Crippen molar-refractivity contribution in [1.29, 1.82) is 0 Å². The van der Waals surface area contributed by atoms with Crippen LogP contribution in [-0.4, -0.2) is 9.78 Å². The number of allylic oxidation sites excluding steroid dienone is 1. The maximum atomic E-state index is 5.74. The minimum Gasteiger partial charge on any atom is -0.275 e. The number of nitrogens with zero attached hydrogens (tertiary/aromatic N) is 2. The van der Waals surface area contributed by atoms with Gasteiger partial charge in [0.2, 0.25) is 0 Å². The van der Waals surface area contributed by atoms with Crippen molar-refractivity contribution in [1.82, 2.24) is 15.2 Å². The van der Waals surface area contributed by atoms with Crippen LogP contribution in [0.5, 0.6) is 0 Å². The molecule has 1 aromatic heterocycles. The van der Waals surface area contributed by atoms with Crippen molar-refractivity contribution in [3.8, 4) is 0 Å². The van der Waals surface area contributed by atoms with E-state index in [0.717, 1.165) is 12.1 Å². The molecule has 17 heavy (non-hydrogen) atoms. The van der Waals surface area contributed by atoms with Crippen LogP contribution in [0.2, 0.25) is 0 Å². The minimum atomic E-state index is 0.127. The highest BCUT2D eigenvalue weighted by atomic mass is 15.3. The molecule has 4 heteroatoms. The van der Waals surface area contributed by atoms with Gasteiger partial charge in [-0.1, -0.05) is 18.1 Å². The van der Waals surface area contributed by atoms with E-state index in [4.69, 9.17) is 5.84 Å². The first-order chi connectivity index (χ1) is 8.22. The minimum absolute atomic E-state index is 0.127. The number of nitrogens with one attached hydrogen (secondary N) is 1. The third-order valence-corrected chi connectivity index (χ3v) is 3.48. The fraction of sp³-hybridized carbons (Fsp3) is 0.615. The van der Waals surface area contributed by atoms with Crippen molar-refractivity contribution < 1.29 is 0 Å². The predicted octanol–water partition coefficient (Wildman–Crippen LogP) is 2.12. The van der Waals surface area contributed by atoms with Crippen LogP contribution >= 0.6 is 0 Å². The Morgan fingerprint density at radius 2 is 2.24 bits per heavy atom. The van der Waals surface area contributed by atoms with Crippen molar-refractivity contribution in [2.75, 3.05) is 0 Å². The molecule has 3 N–H and O–H groups in total. The molecule has 2 rings (SSSR count). The summed E-state index contributed by atoms with van der Waals surface area (Å²) in [4.78, 5) is 0. The van der Waals surface area contributed by atoms with Crippen molar-refractivity contribution in [3.63, 3.8) is 0 Å². The molecule has 0 saturated carbocycles. The topological polar surface area (TPSA) is 55.9 Å². The number of nitrogens with two attached hydrogens (primary N) is 1. The number of hydrogen-bond donors (Lipinski definition) is 2. The van der Waals surface area contributed by atoms with Crippen LogP contribution in [-0.2, 0) is 7.05 Å². The number of aryl methyl sites for hydroxylation is 2. The van der Waals surface area contributed by atoms with E-state index in [2.05, 4.69) is 22.8 Å². The number of rotatable bonds is 3. The van der Waals surface area contributed by atoms with Gasteiger partial charge in [-0.05, 0) is 32.6 Å². The van der Waals surface area contributed by atoms with Gasteiger partial charge in [-0.15, -0.1) is 0 Å². The Morgan fingerprint density at radius 1 is 1.41 bits per heavy atom. The molecule has 0 amide bonds. The highest BCUT2D eigenvalue weighted by Crippen LogP contribution is 2.29. The molecule has 1 unspecified atom stereocenters. The maximum Gasteiger partial charge on any atom is 0.0703 e. The Morgan fingerprint density at radius 3 is 2.88 bits per heavy atom. The summed E-state index contributed by atoms with van der Waals surface area (Å²) in [6.07, 6.45) is 10.6. The summed E-state index contributed by atoms with van der Waals surface area (Å²) < 4.78 is 1.85. The molecular formula is C13H22N4. The van der Waals surface area contributed by atoms with Gasteiger partial charge < -0.3 is 0 Å². The van der Waals surface area contributed by atoms with Crippen molar-refractivity contribution in [2.45, 2.75) is 45.1 Å². The molecule has 1 aliphatic carbocycles. The zero-order valence-corrected chi connectivity index (χ0v) is 10.7. The van der Waals surface area contributed by atoms with Gasteiger partial charge in [-0.25, -0.2) is 5.43 Å². The molecule has 0 bridgehead atoms. The molecule has 0 aromatic carbocycles. The van der Waals surface area contributed by atoms with Crippen LogP contribution in [0.3, 0.4) is 0 Å². The number of hydrazine groups is 1. The summed E-state index contributed by atoms with van der Waals surface area (Å²) >= 11 is 0. The van der Waals surface area contributed by atoms with Crippen LogP contribution in [0.4, 0.5) is 0 Å². The first-order valence-corrected chi connectivity index (χ1v) is 6.37. The average Bonchev–Trinajstić information content (AvgIpc) is 2.55. The lowest BCUT2D eigenvalue weighted by molar-refractivity contribution is 0.590. The molecule has 1 atom stereocenters. The van der Waals surface area contributed by atoms with Crippen LogP contribution in [0.15, 0.2) is 17.8 Å². The summed E-state index contributed by atoms with van der Waals surface area (Å²) in [6.45, 7) is 2.04. The van der Waals surface area contributed by atoms with Crippen LogP contribution in [0, 0.1) is 6.92 Å². The van der Waals surface area contributed by atoms with E-state index in [9.17, 15) is 0 Å². The summed E-state index contributed by atoms with van der Waals surface area (Å²) in [5.41, 5.74) is 6.62. The van der Waals surface area contributed by atoms with Gasteiger partial charge in [-0.3, -0.25) is 10.5 Å². The van der Waals surface area contributed by atoms with Gasteiger partial charge in [-0.2, -0.15) is 5.10 Å². The molecule has 0 saturated heterocycles. The normalized spacial score (nSPS) is 18.6. The Labute approximate surface area is 103 Å². The van der Waals surface area contributed by atoms with E-state index in [1.807, 2.05) is 18.7 Å². The lowest BCUT2D eigenvalue weighted by Gasteiger charge is -2.18. The molecule has 0 aliphatic heterocycles. The lowest BCUT2D eigenvalue weighted by Crippen LogP contribution is -2.29. The quantitative estimate of drug-likeness (QED) is 0.478. The second-order valence-corrected chi connectivity index (χ2v) is 4.82. The van der Waals surface area contributed by atoms with E-state index in [0.29, 0.717) is 0 Å². The highest BCUT2D eigenvalue weighted by molar-refractivity contribution is 5.29. The van der Waals surface area contributed by atoms with E-state index in [1.54, 1.807) is 0 Å². The SMILES string of the molecule is Cc1nn(C)cc1C(NN)C1=CCCCCC1. The second-order valence-electron chi connectivity index (χ2n) is 4.82. The first-order valence-electron chi connectivity index (χ1n) is 6.37. The van der Waals surface area contributed by atoms with Crippen molar-refractivity contribution in [3.05, 3.63) is 29.1 Å². The Bertz CT molecular complexity index is 406. The molecule has 1 aliphatic rings. The molecule has 0 fully saturated rings. The predicted molar refractivity (Wildman–Crippen MR) is 69.2 cm³/mol. The van der Waals surface area contributed by atoms with Gasteiger partial charge in [0.1, 0.15) is 0 Å². The second kappa shape index (κ2) is 5.47. The summed E-state index contributed by atoms with van der Waals surface area (Å²) in [6, 6.07) is 0.127. The van der Waals surface area contributed by atoms with Crippen LogP contribution < -0.4 is 11.3 Å². The molecule has 4 nitrogen and oxygen atoms in total. The van der Waals surface area contributed by atoms with Gasteiger partial charge >= 0.3 is 0 Å². The average molecular weight is 234 g/mol. The Balaban J connectivity index is 2.26. The molecule has 0 spiro atoms. The van der Waals surface area contributed by atoms with Crippen LogP contribution in [0.1, 0.15) is 49.4 Å². The summed E-state index contributed by atoms with van der Waals surface area (Å²) in [5.74, 6) is 5.74. The first kappa shape index (κ1) is 12.3. The van der Waals surface area contributed by atoms with Crippen LogP contribution in [0.25, 0.3) is 0 Å². The van der Waals surface area contributed by atoms with E-state index in [-0.39, 0.29) is 6.04 Å². The van der Waals surface area contributed by atoms with Gasteiger partial charge in [0, 0.05) is 18.8 Å². The lowest BCUT2D eigenvalue weighted by atomic mass is 9.96. The zero-order valence-electron chi connectivity index (χ0n) is 10.7. The van der Waals surface area contributed by atoms with E-state index >= 15 is 0 Å². The molecule has 94 valence electrons. The van der Waals surface area contributed by atoms with Gasteiger partial charge in [0.25, 0.3) is 0 Å². The smallest absolute Gasteiger partial charge is 0.0703 e.